The minimum absolute atomic E-state index is 0.930. The van der Waals surface area contributed by atoms with Gasteiger partial charge >= 0.3 is 0 Å². The molecule has 0 atom stereocenters. The van der Waals surface area contributed by atoms with E-state index < -0.39 is 0 Å². The summed E-state index contributed by atoms with van der Waals surface area (Å²) in [6, 6.07) is 2.34. The first-order chi connectivity index (χ1) is 8.49. The zero-order valence-electron chi connectivity index (χ0n) is 12.8. The second-order valence-electron chi connectivity index (χ2n) is 6.57. The van der Waals surface area contributed by atoms with Crippen molar-refractivity contribution in [3.8, 4) is 0 Å². The third kappa shape index (κ3) is 2.79. The highest BCUT2D eigenvalue weighted by Gasteiger charge is 2.20. The molecule has 0 bridgehead atoms. The fourth-order valence-electron chi connectivity index (χ4n) is 3.43. The lowest BCUT2D eigenvalue weighted by Crippen LogP contribution is -2.16. The topological polar surface area (TPSA) is 0 Å². The van der Waals surface area contributed by atoms with Gasteiger partial charge in [-0.05, 0) is 86.6 Å². The van der Waals surface area contributed by atoms with Crippen molar-refractivity contribution in [2.75, 3.05) is 0 Å². The fourth-order valence-corrected chi connectivity index (χ4v) is 3.43. The van der Waals surface area contributed by atoms with Crippen molar-refractivity contribution in [3.63, 3.8) is 0 Å². The third-order valence-corrected chi connectivity index (χ3v) is 5.15. The summed E-state index contributed by atoms with van der Waals surface area (Å²) in [5, 5.41) is 0. The summed E-state index contributed by atoms with van der Waals surface area (Å²) in [6.07, 6.45) is 7.06. The highest BCUT2D eigenvalue weighted by molar-refractivity contribution is 5.44. The molecule has 0 heteroatoms. The number of hydrogen-bond donors (Lipinski definition) is 0. The Morgan fingerprint density at radius 3 is 1.89 bits per heavy atom. The number of rotatable bonds is 2. The predicted molar refractivity (Wildman–Crippen MR) is 80.2 cm³/mol. The van der Waals surface area contributed by atoms with E-state index in [4.69, 9.17) is 0 Å². The second kappa shape index (κ2) is 5.47. The molecule has 18 heavy (non-hydrogen) atoms. The molecule has 0 saturated heterocycles. The zero-order valence-corrected chi connectivity index (χ0v) is 12.8. The number of aryl methyl sites for hydroxylation is 2. The Hall–Kier alpha value is -0.780. The third-order valence-electron chi connectivity index (χ3n) is 5.15. The number of benzene rings is 1. The highest BCUT2D eigenvalue weighted by atomic mass is 14.3. The van der Waals surface area contributed by atoms with Crippen molar-refractivity contribution in [3.05, 3.63) is 33.9 Å². The van der Waals surface area contributed by atoms with Gasteiger partial charge in [0.25, 0.3) is 0 Å². The van der Waals surface area contributed by atoms with Crippen LogP contribution in [0, 0.1) is 39.5 Å². The Bertz CT molecular complexity index is 394. The van der Waals surface area contributed by atoms with Gasteiger partial charge in [0, 0.05) is 0 Å². The SMILES string of the molecule is Cc1cc(C)c(C)c(CC2CCC(C)CC2)c1C. The Morgan fingerprint density at radius 2 is 1.39 bits per heavy atom. The van der Waals surface area contributed by atoms with Gasteiger partial charge in [0.1, 0.15) is 0 Å². The van der Waals surface area contributed by atoms with E-state index in [0.717, 1.165) is 11.8 Å². The molecule has 0 aliphatic heterocycles. The van der Waals surface area contributed by atoms with Gasteiger partial charge < -0.3 is 0 Å². The van der Waals surface area contributed by atoms with Crippen LogP contribution in [0.2, 0.25) is 0 Å². The van der Waals surface area contributed by atoms with E-state index in [2.05, 4.69) is 40.7 Å². The summed E-state index contributed by atoms with van der Waals surface area (Å²) < 4.78 is 0. The molecule has 1 aliphatic carbocycles. The lowest BCUT2D eigenvalue weighted by Gasteiger charge is -2.28. The van der Waals surface area contributed by atoms with Crippen molar-refractivity contribution < 1.29 is 0 Å². The van der Waals surface area contributed by atoms with E-state index in [9.17, 15) is 0 Å². The molecular formula is C18H28. The monoisotopic (exact) mass is 244 g/mol. The van der Waals surface area contributed by atoms with Gasteiger partial charge in [-0.25, -0.2) is 0 Å². The molecule has 2 rings (SSSR count). The Morgan fingerprint density at radius 1 is 0.889 bits per heavy atom. The van der Waals surface area contributed by atoms with Crippen LogP contribution in [0.4, 0.5) is 0 Å². The average molecular weight is 244 g/mol. The van der Waals surface area contributed by atoms with Crippen molar-refractivity contribution in [1.82, 2.24) is 0 Å². The molecule has 0 unspecified atom stereocenters. The van der Waals surface area contributed by atoms with Gasteiger partial charge in [0.15, 0.2) is 0 Å². The molecule has 0 heterocycles. The Balaban J connectivity index is 2.18. The summed E-state index contributed by atoms with van der Waals surface area (Å²) in [4.78, 5) is 0. The minimum atomic E-state index is 0.930. The second-order valence-corrected chi connectivity index (χ2v) is 6.57. The van der Waals surface area contributed by atoms with Crippen molar-refractivity contribution in [1.29, 1.82) is 0 Å². The van der Waals surface area contributed by atoms with Gasteiger partial charge in [-0.2, -0.15) is 0 Å². The molecule has 100 valence electrons. The van der Waals surface area contributed by atoms with Crippen molar-refractivity contribution in [2.24, 2.45) is 11.8 Å². The lowest BCUT2D eigenvalue weighted by atomic mass is 9.78. The first kappa shape index (κ1) is 13.6. The Labute approximate surface area is 113 Å². The summed E-state index contributed by atoms with van der Waals surface area (Å²) >= 11 is 0. The van der Waals surface area contributed by atoms with Crippen LogP contribution in [0.1, 0.15) is 60.4 Å². The van der Waals surface area contributed by atoms with Crippen LogP contribution >= 0.6 is 0 Å². The minimum Gasteiger partial charge on any atom is -0.0625 e. The standard InChI is InChI=1S/C18H28/c1-12-6-8-17(9-7-12)11-18-15(4)13(2)10-14(3)16(18)5/h10,12,17H,6-9,11H2,1-5H3. The molecule has 1 saturated carbocycles. The largest absolute Gasteiger partial charge is 0.0625 e. The van der Waals surface area contributed by atoms with Gasteiger partial charge in [0.2, 0.25) is 0 Å². The van der Waals surface area contributed by atoms with E-state index in [0.29, 0.717) is 0 Å². The lowest BCUT2D eigenvalue weighted by molar-refractivity contribution is 0.288. The molecule has 0 aromatic heterocycles. The maximum Gasteiger partial charge on any atom is -0.0245 e. The van der Waals surface area contributed by atoms with E-state index in [1.807, 2.05) is 0 Å². The predicted octanol–water partition coefficient (Wildman–Crippen LogP) is 5.29. The van der Waals surface area contributed by atoms with Crippen LogP contribution in [0.5, 0.6) is 0 Å². The Kier molecular flexibility index (Phi) is 4.14. The normalized spacial score (nSPS) is 24.3. The molecule has 0 spiro atoms. The zero-order chi connectivity index (χ0) is 13.3. The number of hydrogen-bond acceptors (Lipinski definition) is 0. The summed E-state index contributed by atoms with van der Waals surface area (Å²) in [5.41, 5.74) is 7.66. The first-order valence-corrected chi connectivity index (χ1v) is 7.55. The van der Waals surface area contributed by atoms with E-state index in [-0.39, 0.29) is 0 Å². The maximum atomic E-state index is 2.41. The van der Waals surface area contributed by atoms with Gasteiger partial charge in [0.05, 0.1) is 0 Å². The highest BCUT2D eigenvalue weighted by Crippen LogP contribution is 2.33. The van der Waals surface area contributed by atoms with E-state index in [1.54, 1.807) is 5.56 Å². The molecule has 1 aliphatic rings. The molecule has 1 fully saturated rings. The molecule has 1 aromatic rings. The van der Waals surface area contributed by atoms with Gasteiger partial charge in [-0.3, -0.25) is 0 Å². The van der Waals surface area contributed by atoms with Crippen LogP contribution in [-0.2, 0) is 6.42 Å². The van der Waals surface area contributed by atoms with Crippen LogP contribution in [0.15, 0.2) is 6.07 Å². The molecule has 1 aromatic carbocycles. The molecule has 0 radical (unpaired) electrons. The van der Waals surface area contributed by atoms with Crippen LogP contribution < -0.4 is 0 Å². The average Bonchev–Trinajstić information content (AvgIpc) is 2.34. The van der Waals surface area contributed by atoms with Crippen LogP contribution in [0.25, 0.3) is 0 Å². The van der Waals surface area contributed by atoms with E-state index >= 15 is 0 Å². The van der Waals surface area contributed by atoms with Crippen LogP contribution in [-0.4, -0.2) is 0 Å². The first-order valence-electron chi connectivity index (χ1n) is 7.55. The molecular weight excluding hydrogens is 216 g/mol. The van der Waals surface area contributed by atoms with Gasteiger partial charge in [-0.15, -0.1) is 0 Å². The quantitative estimate of drug-likeness (QED) is 0.663. The molecule has 0 amide bonds. The fraction of sp³-hybridized carbons (Fsp3) is 0.667. The van der Waals surface area contributed by atoms with E-state index in [1.165, 1.54) is 54.4 Å². The summed E-state index contributed by atoms with van der Waals surface area (Å²) in [7, 11) is 0. The molecule has 0 N–H and O–H groups in total. The van der Waals surface area contributed by atoms with Gasteiger partial charge in [-0.1, -0.05) is 25.8 Å². The molecule has 0 nitrogen and oxygen atoms in total. The van der Waals surface area contributed by atoms with Crippen molar-refractivity contribution >= 4 is 0 Å². The van der Waals surface area contributed by atoms with Crippen molar-refractivity contribution in [2.45, 2.75) is 66.7 Å². The summed E-state index contributed by atoms with van der Waals surface area (Å²) in [6.45, 7) is 11.5. The maximum absolute atomic E-state index is 2.41. The smallest absolute Gasteiger partial charge is 0.0245 e. The summed E-state index contributed by atoms with van der Waals surface area (Å²) in [5.74, 6) is 1.89. The van der Waals surface area contributed by atoms with Crippen LogP contribution in [0.3, 0.4) is 0 Å².